The highest BCUT2D eigenvalue weighted by Crippen LogP contribution is 2.47. The van der Waals surface area contributed by atoms with E-state index in [2.05, 4.69) is 19.9 Å². The minimum Gasteiger partial charge on any atom is -0.507 e. The van der Waals surface area contributed by atoms with Crippen molar-refractivity contribution in [3.63, 3.8) is 0 Å². The molecule has 0 aromatic heterocycles. The molecule has 0 unspecified atom stereocenters. The van der Waals surface area contributed by atoms with Crippen LogP contribution in [0, 0.1) is 5.92 Å². The molecule has 3 atom stereocenters. The van der Waals surface area contributed by atoms with E-state index in [4.69, 9.17) is 9.47 Å². The Labute approximate surface area is 193 Å². The molecule has 2 heterocycles. The smallest absolute Gasteiger partial charge is 0.343 e. The van der Waals surface area contributed by atoms with Crippen LogP contribution in [0.1, 0.15) is 40.0 Å². The van der Waals surface area contributed by atoms with Crippen molar-refractivity contribution in [3.05, 3.63) is 70.6 Å². The summed E-state index contributed by atoms with van der Waals surface area (Å²) in [5.74, 6) is -1.81. The van der Waals surface area contributed by atoms with Crippen LogP contribution in [0.15, 0.2) is 70.6 Å². The SMILES string of the molecule is CC[C@@H](C)/C=C/C=C/C=C/C(=O)/C=C(\O)C1=C2CC3=C(CO[C@H](CO)C3)C(=O)[C@]2(C)OC1=O. The molecule has 33 heavy (non-hydrogen) atoms. The Morgan fingerprint density at radius 3 is 2.67 bits per heavy atom. The molecular weight excluding hydrogens is 424 g/mol. The summed E-state index contributed by atoms with van der Waals surface area (Å²) in [6.45, 7) is 5.56. The van der Waals surface area contributed by atoms with Crippen LogP contribution in [-0.4, -0.2) is 52.7 Å². The van der Waals surface area contributed by atoms with Crippen LogP contribution in [0.4, 0.5) is 0 Å². The minimum atomic E-state index is -1.54. The van der Waals surface area contributed by atoms with Crippen molar-refractivity contribution < 1.29 is 34.1 Å². The Kier molecular flexibility index (Phi) is 7.66. The third kappa shape index (κ3) is 5.15. The summed E-state index contributed by atoms with van der Waals surface area (Å²) in [7, 11) is 0. The third-order valence-corrected chi connectivity index (χ3v) is 6.26. The van der Waals surface area contributed by atoms with Gasteiger partial charge in [-0.05, 0) is 31.8 Å². The zero-order chi connectivity index (χ0) is 24.2. The van der Waals surface area contributed by atoms with Crippen LogP contribution < -0.4 is 0 Å². The number of rotatable bonds is 8. The van der Waals surface area contributed by atoms with E-state index in [0.717, 1.165) is 18.1 Å². The molecule has 0 aromatic carbocycles. The molecule has 1 aliphatic carbocycles. The summed E-state index contributed by atoms with van der Waals surface area (Å²) >= 11 is 0. The van der Waals surface area contributed by atoms with Gasteiger partial charge in [0.15, 0.2) is 11.4 Å². The molecule has 2 N–H and O–H groups in total. The van der Waals surface area contributed by atoms with Crippen LogP contribution in [-0.2, 0) is 23.9 Å². The van der Waals surface area contributed by atoms with Gasteiger partial charge in [0, 0.05) is 17.2 Å². The van der Waals surface area contributed by atoms with E-state index in [1.54, 1.807) is 18.2 Å². The largest absolute Gasteiger partial charge is 0.507 e. The number of esters is 1. The summed E-state index contributed by atoms with van der Waals surface area (Å²) in [5, 5.41) is 20.0. The zero-order valence-electron chi connectivity index (χ0n) is 19.2. The van der Waals surface area contributed by atoms with Gasteiger partial charge in [0.05, 0.1) is 19.3 Å². The predicted octanol–water partition coefficient (Wildman–Crippen LogP) is 3.37. The summed E-state index contributed by atoms with van der Waals surface area (Å²) < 4.78 is 10.9. The van der Waals surface area contributed by atoms with Crippen LogP contribution in [0.3, 0.4) is 0 Å². The Morgan fingerprint density at radius 1 is 1.24 bits per heavy atom. The maximum absolute atomic E-state index is 13.1. The molecule has 0 fully saturated rings. The Bertz CT molecular complexity index is 1020. The summed E-state index contributed by atoms with van der Waals surface area (Å²) in [6.07, 6.45) is 12.4. The first-order valence-electron chi connectivity index (χ1n) is 11.1. The lowest BCUT2D eigenvalue weighted by molar-refractivity contribution is -0.153. The summed E-state index contributed by atoms with van der Waals surface area (Å²) in [5.41, 5.74) is -0.167. The van der Waals surface area contributed by atoms with Crippen molar-refractivity contribution in [3.8, 4) is 0 Å². The molecule has 3 aliphatic rings. The fourth-order valence-electron chi connectivity index (χ4n) is 4.07. The molecule has 3 rings (SSSR count). The van der Waals surface area contributed by atoms with Crippen molar-refractivity contribution in [1.29, 1.82) is 0 Å². The van der Waals surface area contributed by atoms with Crippen molar-refractivity contribution in [2.75, 3.05) is 13.2 Å². The normalized spacial score (nSPS) is 27.0. The summed E-state index contributed by atoms with van der Waals surface area (Å²) in [6, 6.07) is 0. The van der Waals surface area contributed by atoms with Gasteiger partial charge >= 0.3 is 5.97 Å². The molecule has 176 valence electrons. The number of hydrogen-bond donors (Lipinski definition) is 2. The Morgan fingerprint density at radius 2 is 1.97 bits per heavy atom. The number of hydrogen-bond acceptors (Lipinski definition) is 7. The number of allylic oxidation sites excluding steroid dienone is 7. The van der Waals surface area contributed by atoms with Gasteiger partial charge in [-0.1, -0.05) is 56.2 Å². The maximum atomic E-state index is 13.1. The molecule has 0 saturated heterocycles. The molecule has 0 amide bonds. The van der Waals surface area contributed by atoms with Gasteiger partial charge in [0.2, 0.25) is 5.78 Å². The zero-order valence-corrected chi connectivity index (χ0v) is 19.2. The number of carbonyl (C=O) groups is 3. The molecule has 2 aliphatic heterocycles. The van der Waals surface area contributed by atoms with E-state index in [1.165, 1.54) is 13.0 Å². The van der Waals surface area contributed by atoms with Gasteiger partial charge < -0.3 is 19.7 Å². The average molecular weight is 455 g/mol. The second-order valence-corrected chi connectivity index (χ2v) is 8.63. The topological polar surface area (TPSA) is 110 Å². The molecule has 7 heteroatoms. The molecule has 0 aromatic rings. The third-order valence-electron chi connectivity index (χ3n) is 6.26. The molecule has 0 saturated carbocycles. The first kappa shape index (κ1) is 24.6. The van der Waals surface area contributed by atoms with Crippen molar-refractivity contribution in [2.45, 2.75) is 51.7 Å². The highest BCUT2D eigenvalue weighted by atomic mass is 16.6. The van der Waals surface area contributed by atoms with Gasteiger partial charge in [-0.3, -0.25) is 9.59 Å². The van der Waals surface area contributed by atoms with Crippen LogP contribution in [0.5, 0.6) is 0 Å². The molecule has 0 radical (unpaired) electrons. The number of fused-ring (bicyclic) bond motifs is 1. The molecule has 7 nitrogen and oxygen atoms in total. The lowest BCUT2D eigenvalue weighted by Gasteiger charge is -2.36. The molecule has 0 spiro atoms. The van der Waals surface area contributed by atoms with E-state index >= 15 is 0 Å². The van der Waals surface area contributed by atoms with Crippen molar-refractivity contribution >= 4 is 17.5 Å². The van der Waals surface area contributed by atoms with E-state index in [9.17, 15) is 24.6 Å². The van der Waals surface area contributed by atoms with Crippen LogP contribution in [0.2, 0.25) is 0 Å². The number of aliphatic hydroxyl groups excluding tert-OH is 2. The van der Waals surface area contributed by atoms with Crippen LogP contribution >= 0.6 is 0 Å². The van der Waals surface area contributed by atoms with Gasteiger partial charge in [-0.2, -0.15) is 0 Å². The first-order chi connectivity index (χ1) is 15.7. The minimum absolute atomic E-state index is 0.0420. The monoisotopic (exact) mass is 454 g/mol. The van der Waals surface area contributed by atoms with E-state index < -0.39 is 35.0 Å². The second-order valence-electron chi connectivity index (χ2n) is 8.63. The van der Waals surface area contributed by atoms with Gasteiger partial charge in [-0.25, -0.2) is 4.79 Å². The van der Waals surface area contributed by atoms with E-state index in [0.29, 0.717) is 23.5 Å². The predicted molar refractivity (Wildman–Crippen MR) is 122 cm³/mol. The van der Waals surface area contributed by atoms with Gasteiger partial charge in [0.25, 0.3) is 0 Å². The standard InChI is InChI=1S/C26H30O7/c1-4-16(2)9-7-5-6-8-10-18(28)13-22(29)23-21-12-17-11-19(14-27)32-15-20(17)24(30)26(21,3)33-25(23)31/h5-10,13,16,19,27,29H,4,11-12,14-15H2,1-3H3/b6-5+,9-7+,10-8+,22-13-/t16-,19+,26-/m1/s1. The Balaban J connectivity index is 1.81. The Hall–Kier alpha value is -3.03. The number of Topliss-reactive ketones (excluding diaryl/α,β-unsaturated/α-hetero) is 1. The van der Waals surface area contributed by atoms with Gasteiger partial charge in [-0.15, -0.1) is 0 Å². The van der Waals surface area contributed by atoms with Crippen molar-refractivity contribution in [2.24, 2.45) is 5.92 Å². The molecule has 0 bridgehead atoms. The lowest BCUT2D eigenvalue weighted by Crippen LogP contribution is -2.45. The van der Waals surface area contributed by atoms with Crippen LogP contribution in [0.25, 0.3) is 0 Å². The van der Waals surface area contributed by atoms with Crippen molar-refractivity contribution in [1.82, 2.24) is 0 Å². The van der Waals surface area contributed by atoms with E-state index in [1.807, 2.05) is 6.08 Å². The quantitative estimate of drug-likeness (QED) is 0.250. The number of ether oxygens (including phenoxy) is 2. The first-order valence-corrected chi connectivity index (χ1v) is 11.1. The molecular formula is C26H30O7. The fourth-order valence-corrected chi connectivity index (χ4v) is 4.07. The number of aliphatic hydroxyl groups is 2. The lowest BCUT2D eigenvalue weighted by atomic mass is 9.73. The maximum Gasteiger partial charge on any atom is 0.343 e. The van der Waals surface area contributed by atoms with E-state index in [-0.39, 0.29) is 25.2 Å². The highest BCUT2D eigenvalue weighted by molar-refractivity contribution is 6.13. The number of carbonyl (C=O) groups excluding carboxylic acids is 3. The number of ketones is 2. The van der Waals surface area contributed by atoms with Gasteiger partial charge in [0.1, 0.15) is 11.3 Å². The summed E-state index contributed by atoms with van der Waals surface area (Å²) in [4.78, 5) is 37.9. The average Bonchev–Trinajstić information content (AvgIpc) is 3.05. The fraction of sp³-hybridized carbons (Fsp3) is 0.423. The highest BCUT2D eigenvalue weighted by Gasteiger charge is 2.54. The second kappa shape index (κ2) is 10.3.